The third-order valence-electron chi connectivity index (χ3n) is 3.90. The second-order valence-electron chi connectivity index (χ2n) is 5.94. The summed E-state index contributed by atoms with van der Waals surface area (Å²) < 4.78 is 77.9. The first-order valence-corrected chi connectivity index (χ1v) is 9.91. The van der Waals surface area contributed by atoms with Gasteiger partial charge in [0.25, 0.3) is 10.0 Å². The van der Waals surface area contributed by atoms with Gasteiger partial charge in [-0.2, -0.15) is 13.2 Å². The molecule has 2 aromatic carbocycles. The summed E-state index contributed by atoms with van der Waals surface area (Å²) in [5, 5.41) is 9.09. The molecular formula is C17H13ClF3NO6S. The maximum Gasteiger partial charge on any atom is 0.417 e. The van der Waals surface area contributed by atoms with E-state index >= 15 is 0 Å². The molecule has 0 spiro atoms. The van der Waals surface area contributed by atoms with E-state index in [1.807, 2.05) is 4.72 Å². The number of carboxylic acid groups (broad SMARTS) is 1. The molecule has 29 heavy (non-hydrogen) atoms. The predicted molar refractivity (Wildman–Crippen MR) is 96.3 cm³/mol. The topological polar surface area (TPSA) is 102 Å². The van der Waals surface area contributed by atoms with Crippen LogP contribution in [0.4, 0.5) is 18.9 Å². The number of alkyl halides is 3. The summed E-state index contributed by atoms with van der Waals surface area (Å²) in [6, 6.07) is 4.26. The summed E-state index contributed by atoms with van der Waals surface area (Å²) in [5.41, 5.74) is -2.46. The Morgan fingerprint density at radius 2 is 1.72 bits per heavy atom. The van der Waals surface area contributed by atoms with E-state index < -0.39 is 43.9 Å². The average Bonchev–Trinajstić information content (AvgIpc) is 2.84. The zero-order valence-corrected chi connectivity index (χ0v) is 16.0. The monoisotopic (exact) mass is 451 g/mol. The lowest BCUT2D eigenvalue weighted by Crippen LogP contribution is -2.20. The van der Waals surface area contributed by atoms with Crippen molar-refractivity contribution in [2.75, 3.05) is 17.9 Å². The van der Waals surface area contributed by atoms with Crippen molar-refractivity contribution in [2.24, 2.45) is 0 Å². The number of carboxylic acids is 1. The highest BCUT2D eigenvalue weighted by molar-refractivity contribution is 7.92. The minimum absolute atomic E-state index is 0.0670. The van der Waals surface area contributed by atoms with Gasteiger partial charge in [0.05, 0.1) is 34.9 Å². The van der Waals surface area contributed by atoms with Crippen molar-refractivity contribution in [1.82, 2.24) is 0 Å². The largest absolute Gasteiger partial charge is 0.490 e. The van der Waals surface area contributed by atoms with Crippen LogP contribution in [0.3, 0.4) is 0 Å². The maximum absolute atomic E-state index is 13.3. The lowest BCUT2D eigenvalue weighted by molar-refractivity contribution is -0.139. The number of nitrogens with one attached hydrogen (secondary N) is 1. The Bertz CT molecular complexity index is 1070. The van der Waals surface area contributed by atoms with E-state index in [0.717, 1.165) is 18.2 Å². The van der Waals surface area contributed by atoms with E-state index in [0.29, 0.717) is 18.6 Å². The molecule has 156 valence electrons. The van der Waals surface area contributed by atoms with Gasteiger partial charge in [-0.05, 0) is 18.2 Å². The van der Waals surface area contributed by atoms with Crippen LogP contribution < -0.4 is 14.2 Å². The zero-order chi connectivity index (χ0) is 21.4. The molecule has 0 amide bonds. The normalized spacial score (nSPS) is 14.2. The van der Waals surface area contributed by atoms with Crippen LogP contribution in [0, 0.1) is 0 Å². The number of rotatable bonds is 4. The molecule has 1 heterocycles. The van der Waals surface area contributed by atoms with E-state index in [4.69, 9.17) is 21.1 Å². The van der Waals surface area contributed by atoms with E-state index in [1.54, 1.807) is 0 Å². The number of fused-ring (bicyclic) bond motifs is 1. The molecule has 2 N–H and O–H groups in total. The first-order valence-electron chi connectivity index (χ1n) is 8.05. The van der Waals surface area contributed by atoms with Gasteiger partial charge < -0.3 is 14.6 Å². The van der Waals surface area contributed by atoms with Crippen LogP contribution in [0.1, 0.15) is 22.3 Å². The van der Waals surface area contributed by atoms with Crippen molar-refractivity contribution < 1.29 is 41.0 Å². The Labute approximate surface area is 168 Å². The smallest absolute Gasteiger partial charge is 0.417 e. The molecule has 1 aliphatic heterocycles. The van der Waals surface area contributed by atoms with Crippen LogP contribution in [0.5, 0.6) is 11.5 Å². The molecule has 0 fully saturated rings. The second-order valence-corrected chi connectivity index (χ2v) is 8.03. The zero-order valence-electron chi connectivity index (χ0n) is 14.4. The Morgan fingerprint density at radius 3 is 2.31 bits per heavy atom. The highest BCUT2D eigenvalue weighted by Gasteiger charge is 2.38. The van der Waals surface area contributed by atoms with E-state index in [2.05, 4.69) is 0 Å². The molecule has 2 aromatic rings. The molecule has 0 radical (unpaired) electrons. The summed E-state index contributed by atoms with van der Waals surface area (Å²) in [7, 11) is -4.82. The number of benzene rings is 2. The quantitative estimate of drug-likeness (QED) is 0.728. The Morgan fingerprint density at radius 1 is 1.10 bits per heavy atom. The Hall–Kier alpha value is -2.66. The van der Waals surface area contributed by atoms with Crippen molar-refractivity contribution in [2.45, 2.75) is 17.5 Å². The molecule has 0 atom stereocenters. The minimum Gasteiger partial charge on any atom is -0.490 e. The number of carbonyl (C=O) groups is 1. The lowest BCUT2D eigenvalue weighted by atomic mass is 10.1. The standard InChI is InChI=1S/C17H13ClF3NO6S/c18-9-2-3-15(11(6-9)17(19,20)21)29(25,26)22-12-8-14-13(7-10(12)16(23)24)27-4-1-5-28-14/h2-3,6-8,22H,1,4-5H2,(H,23,24). The van der Waals surface area contributed by atoms with Gasteiger partial charge in [0.2, 0.25) is 0 Å². The van der Waals surface area contributed by atoms with Crippen LogP contribution in [-0.2, 0) is 16.2 Å². The first-order chi connectivity index (χ1) is 13.5. The Kier molecular flexibility index (Phi) is 5.54. The molecule has 1 aliphatic rings. The van der Waals surface area contributed by atoms with Crippen LogP contribution >= 0.6 is 11.6 Å². The number of ether oxygens (including phenoxy) is 2. The highest BCUT2D eigenvalue weighted by atomic mass is 35.5. The number of hydrogen-bond acceptors (Lipinski definition) is 5. The number of halogens is 4. The van der Waals surface area contributed by atoms with Crippen molar-refractivity contribution in [3.05, 3.63) is 46.5 Å². The minimum atomic E-state index is -5.00. The molecule has 12 heteroatoms. The fraction of sp³-hybridized carbons (Fsp3) is 0.235. The highest BCUT2D eigenvalue weighted by Crippen LogP contribution is 2.39. The van der Waals surface area contributed by atoms with Gasteiger partial charge in [0.15, 0.2) is 11.5 Å². The van der Waals surface area contributed by atoms with Gasteiger partial charge >= 0.3 is 12.1 Å². The van der Waals surface area contributed by atoms with Gasteiger partial charge in [-0.15, -0.1) is 0 Å². The first kappa shape index (κ1) is 21.1. The maximum atomic E-state index is 13.3. The lowest BCUT2D eigenvalue weighted by Gasteiger charge is -2.17. The van der Waals surface area contributed by atoms with Crippen molar-refractivity contribution >= 4 is 33.3 Å². The summed E-state index contributed by atoms with van der Waals surface area (Å²) in [6.45, 7) is 0.498. The summed E-state index contributed by atoms with van der Waals surface area (Å²) >= 11 is 5.57. The second kappa shape index (κ2) is 7.64. The third-order valence-corrected chi connectivity index (χ3v) is 5.56. The van der Waals surface area contributed by atoms with Crippen molar-refractivity contribution in [3.63, 3.8) is 0 Å². The number of aromatic carboxylic acids is 1. The van der Waals surface area contributed by atoms with Crippen molar-refractivity contribution in [1.29, 1.82) is 0 Å². The molecule has 0 aliphatic carbocycles. The van der Waals surface area contributed by atoms with E-state index in [1.165, 1.54) is 0 Å². The molecular weight excluding hydrogens is 439 g/mol. The molecule has 0 unspecified atom stereocenters. The molecule has 3 rings (SSSR count). The summed E-state index contributed by atoms with van der Waals surface area (Å²) in [4.78, 5) is 10.5. The predicted octanol–water partition coefficient (Wildman–Crippen LogP) is 4.02. The molecule has 0 saturated heterocycles. The van der Waals surface area contributed by atoms with Gasteiger partial charge in [-0.25, -0.2) is 13.2 Å². The average molecular weight is 452 g/mol. The Balaban J connectivity index is 2.10. The molecule has 0 aromatic heterocycles. The van der Waals surface area contributed by atoms with Crippen LogP contribution in [0.2, 0.25) is 5.02 Å². The van der Waals surface area contributed by atoms with Gasteiger partial charge in [0, 0.05) is 23.6 Å². The molecule has 0 saturated carbocycles. The fourth-order valence-corrected chi connectivity index (χ4v) is 4.08. The number of anilines is 1. The van der Waals surface area contributed by atoms with E-state index in [9.17, 15) is 31.5 Å². The number of hydrogen-bond donors (Lipinski definition) is 2. The van der Waals surface area contributed by atoms with Gasteiger partial charge in [-0.1, -0.05) is 11.6 Å². The van der Waals surface area contributed by atoms with Gasteiger partial charge in [0.1, 0.15) is 0 Å². The molecule has 7 nitrogen and oxygen atoms in total. The molecule has 0 bridgehead atoms. The SMILES string of the molecule is O=C(O)c1cc2c(cc1NS(=O)(=O)c1ccc(Cl)cc1C(F)(F)F)OCCCO2. The van der Waals surface area contributed by atoms with Crippen molar-refractivity contribution in [3.8, 4) is 11.5 Å². The summed E-state index contributed by atoms with van der Waals surface area (Å²) in [6.07, 6.45) is -4.49. The van der Waals surface area contributed by atoms with E-state index in [-0.39, 0.29) is 29.7 Å². The van der Waals surface area contributed by atoms with Crippen LogP contribution in [-0.4, -0.2) is 32.7 Å². The third kappa shape index (κ3) is 4.51. The number of sulfonamides is 1. The fourth-order valence-electron chi connectivity index (χ4n) is 2.63. The van der Waals surface area contributed by atoms with Gasteiger partial charge in [-0.3, -0.25) is 4.72 Å². The van der Waals surface area contributed by atoms with Crippen LogP contribution in [0.15, 0.2) is 35.2 Å². The van der Waals surface area contributed by atoms with Crippen LogP contribution in [0.25, 0.3) is 0 Å². The summed E-state index contributed by atoms with van der Waals surface area (Å²) in [5.74, 6) is -1.35.